The lowest BCUT2D eigenvalue weighted by Gasteiger charge is -2.14. The van der Waals surface area contributed by atoms with Gasteiger partial charge in [0.2, 0.25) is 5.91 Å². The van der Waals surface area contributed by atoms with Crippen LogP contribution in [0.2, 0.25) is 0 Å². The summed E-state index contributed by atoms with van der Waals surface area (Å²) in [5.41, 5.74) is 2.37. The van der Waals surface area contributed by atoms with Crippen molar-refractivity contribution in [3.05, 3.63) is 64.0 Å². The molecule has 1 unspecified atom stereocenters. The number of nitrogens with zero attached hydrogens (tertiary/aromatic N) is 2. The minimum Gasteiger partial charge on any atom is -0.349 e. The fourth-order valence-corrected chi connectivity index (χ4v) is 3.92. The van der Waals surface area contributed by atoms with E-state index in [1.165, 1.54) is 0 Å². The normalized spacial score (nSPS) is 11.7. The summed E-state index contributed by atoms with van der Waals surface area (Å²) in [4.78, 5) is 17.9. The standard InChI is InChI=1S/C18H15N3OS2/c1-12(14-6-4-13(10-19)5-7-14)20-17(22)9-15-11-24-18(21-15)16-3-2-8-23-16/h2-8,11-12H,9H2,1H3,(H,20,22). The number of hydrogen-bond donors (Lipinski definition) is 1. The number of benzene rings is 1. The molecule has 120 valence electrons. The SMILES string of the molecule is CC(NC(=O)Cc1csc(-c2cccs2)n1)c1ccc(C#N)cc1. The summed E-state index contributed by atoms with van der Waals surface area (Å²) in [6.45, 7) is 1.93. The van der Waals surface area contributed by atoms with E-state index in [2.05, 4.69) is 16.4 Å². The Balaban J connectivity index is 1.60. The molecule has 3 aromatic rings. The van der Waals surface area contributed by atoms with Crippen molar-refractivity contribution >= 4 is 28.6 Å². The van der Waals surface area contributed by atoms with Gasteiger partial charge >= 0.3 is 0 Å². The van der Waals surface area contributed by atoms with E-state index in [9.17, 15) is 4.79 Å². The number of aromatic nitrogens is 1. The van der Waals surface area contributed by atoms with Crippen molar-refractivity contribution in [3.8, 4) is 16.0 Å². The molecule has 2 heterocycles. The van der Waals surface area contributed by atoms with Crippen LogP contribution >= 0.6 is 22.7 Å². The molecular formula is C18H15N3OS2. The number of hydrogen-bond acceptors (Lipinski definition) is 5. The third kappa shape index (κ3) is 3.88. The van der Waals surface area contributed by atoms with E-state index in [1.54, 1.807) is 34.8 Å². The van der Waals surface area contributed by atoms with Gasteiger partial charge in [0.05, 0.1) is 34.7 Å². The summed E-state index contributed by atoms with van der Waals surface area (Å²) in [7, 11) is 0. The molecule has 24 heavy (non-hydrogen) atoms. The van der Waals surface area contributed by atoms with Crippen molar-refractivity contribution in [1.82, 2.24) is 10.3 Å². The molecule has 0 aliphatic rings. The molecule has 0 saturated heterocycles. The molecule has 1 amide bonds. The highest BCUT2D eigenvalue weighted by Crippen LogP contribution is 2.27. The molecule has 6 heteroatoms. The van der Waals surface area contributed by atoms with Gasteiger partial charge in [0, 0.05) is 5.38 Å². The first-order valence-corrected chi connectivity index (χ1v) is 9.19. The second kappa shape index (κ2) is 7.39. The molecule has 4 nitrogen and oxygen atoms in total. The molecule has 0 radical (unpaired) electrons. The Kier molecular flexibility index (Phi) is 5.04. The van der Waals surface area contributed by atoms with Crippen LogP contribution < -0.4 is 5.32 Å². The second-order valence-electron chi connectivity index (χ2n) is 5.32. The lowest BCUT2D eigenvalue weighted by Crippen LogP contribution is -2.28. The Hall–Kier alpha value is -2.49. The van der Waals surface area contributed by atoms with Crippen molar-refractivity contribution in [2.24, 2.45) is 0 Å². The molecule has 3 rings (SSSR count). The fourth-order valence-electron chi connectivity index (χ4n) is 2.29. The minimum absolute atomic E-state index is 0.0603. The summed E-state index contributed by atoms with van der Waals surface area (Å²) in [5, 5.41) is 16.7. The van der Waals surface area contributed by atoms with E-state index in [0.717, 1.165) is 21.1 Å². The van der Waals surface area contributed by atoms with Crippen molar-refractivity contribution in [2.45, 2.75) is 19.4 Å². The van der Waals surface area contributed by atoms with Gasteiger partial charge in [-0.2, -0.15) is 5.26 Å². The quantitative estimate of drug-likeness (QED) is 0.749. The summed E-state index contributed by atoms with van der Waals surface area (Å²) < 4.78 is 0. The zero-order chi connectivity index (χ0) is 16.9. The summed E-state index contributed by atoms with van der Waals surface area (Å²) in [6, 6.07) is 13.2. The van der Waals surface area contributed by atoms with Gasteiger partial charge in [-0.3, -0.25) is 4.79 Å². The third-order valence-corrected chi connectivity index (χ3v) is 5.47. The van der Waals surface area contributed by atoms with Gasteiger partial charge < -0.3 is 5.32 Å². The van der Waals surface area contributed by atoms with Crippen LogP contribution in [-0.4, -0.2) is 10.9 Å². The number of thiophene rings is 1. The highest BCUT2D eigenvalue weighted by molar-refractivity contribution is 7.20. The average Bonchev–Trinajstić information content (AvgIpc) is 3.26. The maximum Gasteiger partial charge on any atom is 0.226 e. The second-order valence-corrected chi connectivity index (χ2v) is 7.13. The van der Waals surface area contributed by atoms with Crippen LogP contribution in [0.25, 0.3) is 9.88 Å². The van der Waals surface area contributed by atoms with Crippen molar-refractivity contribution in [1.29, 1.82) is 5.26 Å². The molecule has 0 aliphatic carbocycles. The molecule has 1 aromatic carbocycles. The van der Waals surface area contributed by atoms with Gasteiger partial charge in [-0.15, -0.1) is 22.7 Å². The Morgan fingerprint density at radius 3 is 2.75 bits per heavy atom. The molecule has 0 fully saturated rings. The van der Waals surface area contributed by atoms with Gasteiger partial charge in [-0.1, -0.05) is 18.2 Å². The molecular weight excluding hydrogens is 338 g/mol. The van der Waals surface area contributed by atoms with Gasteiger partial charge in [0.15, 0.2) is 0 Å². The van der Waals surface area contributed by atoms with E-state index >= 15 is 0 Å². The first kappa shape index (κ1) is 16.4. The van der Waals surface area contributed by atoms with Crippen LogP contribution in [0.15, 0.2) is 47.2 Å². The number of amides is 1. The summed E-state index contributed by atoms with van der Waals surface area (Å²) in [6.07, 6.45) is 0.266. The molecule has 2 aromatic heterocycles. The van der Waals surface area contributed by atoms with Crippen molar-refractivity contribution in [2.75, 3.05) is 0 Å². The summed E-state index contributed by atoms with van der Waals surface area (Å²) in [5.74, 6) is -0.0603. The lowest BCUT2D eigenvalue weighted by molar-refractivity contribution is -0.121. The van der Waals surface area contributed by atoms with Gasteiger partial charge in [-0.05, 0) is 36.1 Å². The predicted molar refractivity (Wildman–Crippen MR) is 96.8 cm³/mol. The molecule has 0 spiro atoms. The monoisotopic (exact) mass is 353 g/mol. The molecule has 0 bridgehead atoms. The van der Waals surface area contributed by atoms with Crippen LogP contribution in [0.5, 0.6) is 0 Å². The first-order valence-electron chi connectivity index (χ1n) is 7.43. The molecule has 1 N–H and O–H groups in total. The number of rotatable bonds is 5. The number of carbonyl (C=O) groups is 1. The zero-order valence-electron chi connectivity index (χ0n) is 13.0. The topological polar surface area (TPSA) is 65.8 Å². The van der Waals surface area contributed by atoms with Crippen LogP contribution in [0.4, 0.5) is 0 Å². The molecule has 0 aliphatic heterocycles. The van der Waals surface area contributed by atoms with E-state index in [4.69, 9.17) is 5.26 Å². The number of thiazole rings is 1. The summed E-state index contributed by atoms with van der Waals surface area (Å²) >= 11 is 3.20. The maximum atomic E-state index is 12.2. The van der Waals surface area contributed by atoms with Crippen LogP contribution in [0, 0.1) is 11.3 Å². The van der Waals surface area contributed by atoms with Gasteiger partial charge in [0.1, 0.15) is 5.01 Å². The number of nitrogens with one attached hydrogen (secondary N) is 1. The maximum absolute atomic E-state index is 12.2. The Bertz CT molecular complexity index is 861. The van der Waals surface area contributed by atoms with Crippen LogP contribution in [-0.2, 0) is 11.2 Å². The van der Waals surface area contributed by atoms with E-state index in [1.807, 2.05) is 41.9 Å². The zero-order valence-corrected chi connectivity index (χ0v) is 14.7. The van der Waals surface area contributed by atoms with Crippen molar-refractivity contribution < 1.29 is 4.79 Å². The highest BCUT2D eigenvalue weighted by atomic mass is 32.1. The Morgan fingerprint density at radius 1 is 1.29 bits per heavy atom. The Labute approximate surface area is 148 Å². The van der Waals surface area contributed by atoms with E-state index in [0.29, 0.717) is 5.56 Å². The highest BCUT2D eigenvalue weighted by Gasteiger charge is 2.13. The largest absolute Gasteiger partial charge is 0.349 e. The van der Waals surface area contributed by atoms with E-state index in [-0.39, 0.29) is 18.4 Å². The minimum atomic E-state index is -0.111. The molecule has 1 atom stereocenters. The number of carbonyl (C=O) groups excluding carboxylic acids is 1. The van der Waals surface area contributed by atoms with Crippen LogP contribution in [0.1, 0.15) is 29.8 Å². The number of nitriles is 1. The first-order chi connectivity index (χ1) is 11.7. The predicted octanol–water partition coefficient (Wildman–Crippen LogP) is 4.16. The Morgan fingerprint density at radius 2 is 2.08 bits per heavy atom. The third-order valence-electron chi connectivity index (χ3n) is 3.54. The molecule has 0 saturated carbocycles. The smallest absolute Gasteiger partial charge is 0.226 e. The average molecular weight is 353 g/mol. The van der Waals surface area contributed by atoms with Crippen LogP contribution in [0.3, 0.4) is 0 Å². The van der Waals surface area contributed by atoms with Gasteiger partial charge in [0.25, 0.3) is 0 Å². The van der Waals surface area contributed by atoms with Gasteiger partial charge in [-0.25, -0.2) is 4.98 Å². The fraction of sp³-hybridized carbons (Fsp3) is 0.167. The lowest BCUT2D eigenvalue weighted by atomic mass is 10.1. The van der Waals surface area contributed by atoms with E-state index < -0.39 is 0 Å². The van der Waals surface area contributed by atoms with Crippen molar-refractivity contribution in [3.63, 3.8) is 0 Å².